The molecule has 5 heteroatoms. The van der Waals surface area contributed by atoms with Crippen LogP contribution < -0.4 is 9.80 Å². The molecule has 0 unspecified atom stereocenters. The molecule has 1 aliphatic heterocycles. The molecule has 0 spiro atoms. The van der Waals surface area contributed by atoms with Crippen molar-refractivity contribution in [1.29, 1.82) is 0 Å². The van der Waals surface area contributed by atoms with Crippen LogP contribution in [0.1, 0.15) is 17.5 Å². The molecule has 0 bridgehead atoms. The lowest BCUT2D eigenvalue weighted by atomic mass is 10.1. The first-order valence-electron chi connectivity index (χ1n) is 9.89. The number of amides is 1. The average Bonchev–Trinajstić information content (AvgIpc) is 3.21. The SMILES string of the molecule is O=C1CCN(Cc2ccnc3[nH]ccc23)c2ccccc2N1Cc1ccccc1. The summed E-state index contributed by atoms with van der Waals surface area (Å²) in [7, 11) is 0. The minimum absolute atomic E-state index is 0.158. The summed E-state index contributed by atoms with van der Waals surface area (Å²) in [6.45, 7) is 2.01. The molecular weight excluding hydrogens is 360 g/mol. The minimum Gasteiger partial charge on any atom is -0.365 e. The Balaban J connectivity index is 1.51. The van der Waals surface area contributed by atoms with Crippen LogP contribution in [0.25, 0.3) is 11.0 Å². The zero-order chi connectivity index (χ0) is 19.6. The van der Waals surface area contributed by atoms with Gasteiger partial charge in [-0.1, -0.05) is 42.5 Å². The maximum atomic E-state index is 13.0. The highest BCUT2D eigenvalue weighted by Gasteiger charge is 2.26. The van der Waals surface area contributed by atoms with E-state index in [2.05, 4.69) is 45.2 Å². The predicted molar refractivity (Wildman–Crippen MR) is 116 cm³/mol. The maximum Gasteiger partial charge on any atom is 0.229 e. The van der Waals surface area contributed by atoms with E-state index < -0.39 is 0 Å². The van der Waals surface area contributed by atoms with E-state index in [1.807, 2.05) is 53.7 Å². The largest absolute Gasteiger partial charge is 0.365 e. The molecule has 29 heavy (non-hydrogen) atoms. The van der Waals surface area contributed by atoms with Gasteiger partial charge in [0.15, 0.2) is 0 Å². The summed E-state index contributed by atoms with van der Waals surface area (Å²) in [5, 5.41) is 1.13. The number of benzene rings is 2. The lowest BCUT2D eigenvalue weighted by Gasteiger charge is -2.27. The first-order valence-corrected chi connectivity index (χ1v) is 9.89. The summed E-state index contributed by atoms with van der Waals surface area (Å²) < 4.78 is 0. The van der Waals surface area contributed by atoms with Crippen LogP contribution in [0.3, 0.4) is 0 Å². The number of aromatic nitrogens is 2. The molecule has 3 heterocycles. The number of aromatic amines is 1. The number of carbonyl (C=O) groups is 1. The Morgan fingerprint density at radius 3 is 2.55 bits per heavy atom. The number of para-hydroxylation sites is 2. The number of hydrogen-bond acceptors (Lipinski definition) is 3. The van der Waals surface area contributed by atoms with Gasteiger partial charge in [-0.2, -0.15) is 0 Å². The van der Waals surface area contributed by atoms with Gasteiger partial charge >= 0.3 is 0 Å². The van der Waals surface area contributed by atoms with Gasteiger partial charge in [-0.15, -0.1) is 0 Å². The number of nitrogens with one attached hydrogen (secondary N) is 1. The van der Waals surface area contributed by atoms with Gasteiger partial charge in [0, 0.05) is 37.3 Å². The third-order valence-corrected chi connectivity index (χ3v) is 5.51. The Morgan fingerprint density at radius 1 is 0.897 bits per heavy atom. The Kier molecular flexibility index (Phi) is 4.48. The second-order valence-electron chi connectivity index (χ2n) is 7.34. The predicted octanol–water partition coefficient (Wildman–Crippen LogP) is 4.51. The molecule has 144 valence electrons. The number of pyridine rings is 1. The van der Waals surface area contributed by atoms with E-state index in [4.69, 9.17) is 0 Å². The number of rotatable bonds is 4. The molecule has 5 rings (SSSR count). The van der Waals surface area contributed by atoms with Gasteiger partial charge in [-0.05, 0) is 35.4 Å². The molecule has 0 fully saturated rings. The highest BCUT2D eigenvalue weighted by atomic mass is 16.2. The van der Waals surface area contributed by atoms with Gasteiger partial charge in [-0.3, -0.25) is 4.79 Å². The van der Waals surface area contributed by atoms with Crippen LogP contribution in [-0.2, 0) is 17.9 Å². The molecule has 1 amide bonds. The molecule has 0 aliphatic carbocycles. The Labute approximate surface area is 169 Å². The van der Waals surface area contributed by atoms with Crippen molar-refractivity contribution in [2.24, 2.45) is 0 Å². The summed E-state index contributed by atoms with van der Waals surface area (Å²) in [6.07, 6.45) is 4.25. The fourth-order valence-electron chi connectivity index (χ4n) is 4.05. The molecular formula is C24H22N4O. The number of anilines is 2. The van der Waals surface area contributed by atoms with Crippen molar-refractivity contribution in [3.8, 4) is 0 Å². The van der Waals surface area contributed by atoms with Crippen molar-refractivity contribution in [3.05, 3.63) is 90.3 Å². The fraction of sp³-hybridized carbons (Fsp3) is 0.167. The maximum absolute atomic E-state index is 13.0. The van der Waals surface area contributed by atoms with Gasteiger partial charge < -0.3 is 14.8 Å². The van der Waals surface area contributed by atoms with Gasteiger partial charge in [-0.25, -0.2) is 4.98 Å². The molecule has 4 aromatic rings. The van der Waals surface area contributed by atoms with E-state index in [1.165, 1.54) is 5.56 Å². The van der Waals surface area contributed by atoms with E-state index in [-0.39, 0.29) is 5.91 Å². The van der Waals surface area contributed by atoms with Crippen LogP contribution in [-0.4, -0.2) is 22.4 Å². The van der Waals surface area contributed by atoms with Crippen LogP contribution in [0.4, 0.5) is 11.4 Å². The molecule has 0 radical (unpaired) electrons. The van der Waals surface area contributed by atoms with Crippen LogP contribution in [0.5, 0.6) is 0 Å². The topological polar surface area (TPSA) is 52.2 Å². The first-order chi connectivity index (χ1) is 14.3. The summed E-state index contributed by atoms with van der Waals surface area (Å²) >= 11 is 0. The van der Waals surface area contributed by atoms with E-state index in [1.54, 1.807) is 0 Å². The van der Waals surface area contributed by atoms with Crippen molar-refractivity contribution in [2.45, 2.75) is 19.5 Å². The molecule has 2 aromatic heterocycles. The van der Waals surface area contributed by atoms with Crippen molar-refractivity contribution < 1.29 is 4.79 Å². The monoisotopic (exact) mass is 382 g/mol. The van der Waals surface area contributed by atoms with Crippen molar-refractivity contribution in [1.82, 2.24) is 9.97 Å². The van der Waals surface area contributed by atoms with Gasteiger partial charge in [0.25, 0.3) is 0 Å². The lowest BCUT2D eigenvalue weighted by Crippen LogP contribution is -2.29. The zero-order valence-electron chi connectivity index (χ0n) is 16.1. The summed E-state index contributed by atoms with van der Waals surface area (Å²) in [5.41, 5.74) is 5.29. The molecule has 2 aromatic carbocycles. The van der Waals surface area contributed by atoms with Crippen molar-refractivity contribution >= 4 is 28.3 Å². The smallest absolute Gasteiger partial charge is 0.229 e. The van der Waals surface area contributed by atoms with Gasteiger partial charge in [0.2, 0.25) is 5.91 Å². The van der Waals surface area contributed by atoms with Crippen LogP contribution in [0.2, 0.25) is 0 Å². The van der Waals surface area contributed by atoms with Gasteiger partial charge in [0.05, 0.1) is 17.9 Å². The standard InChI is InChI=1S/C24H22N4O/c29-23-12-15-27(17-19-10-13-25-24-20(19)11-14-26-24)21-8-4-5-9-22(21)28(23)16-18-6-2-1-3-7-18/h1-11,13-14H,12,15-17H2,(H,25,26). The van der Waals surface area contributed by atoms with Crippen LogP contribution in [0, 0.1) is 0 Å². The fourth-order valence-corrected chi connectivity index (χ4v) is 4.05. The van der Waals surface area contributed by atoms with E-state index in [9.17, 15) is 4.79 Å². The highest BCUT2D eigenvalue weighted by molar-refractivity contribution is 5.98. The normalized spacial score (nSPS) is 14.1. The van der Waals surface area contributed by atoms with Crippen molar-refractivity contribution in [3.63, 3.8) is 0 Å². The minimum atomic E-state index is 0.158. The quantitative estimate of drug-likeness (QED) is 0.565. The molecule has 1 aliphatic rings. The first kappa shape index (κ1) is 17.5. The summed E-state index contributed by atoms with van der Waals surface area (Å²) in [5.74, 6) is 0.158. The third-order valence-electron chi connectivity index (χ3n) is 5.51. The van der Waals surface area contributed by atoms with E-state index >= 15 is 0 Å². The number of carbonyl (C=O) groups excluding carboxylic acids is 1. The average molecular weight is 382 g/mol. The number of hydrogen-bond donors (Lipinski definition) is 1. The molecule has 0 atom stereocenters. The molecule has 1 N–H and O–H groups in total. The molecule has 0 saturated heterocycles. The summed E-state index contributed by atoms with van der Waals surface area (Å²) in [4.78, 5) is 24.8. The highest BCUT2D eigenvalue weighted by Crippen LogP contribution is 2.35. The number of fused-ring (bicyclic) bond motifs is 2. The second-order valence-corrected chi connectivity index (χ2v) is 7.34. The molecule has 0 saturated carbocycles. The van der Waals surface area contributed by atoms with E-state index in [0.29, 0.717) is 19.5 Å². The Hall–Kier alpha value is -3.60. The Bertz CT molecular complexity index is 1150. The van der Waals surface area contributed by atoms with Crippen LogP contribution in [0.15, 0.2) is 79.1 Å². The zero-order valence-corrected chi connectivity index (χ0v) is 16.1. The third kappa shape index (κ3) is 3.36. The second kappa shape index (κ2) is 7.43. The van der Waals surface area contributed by atoms with Crippen molar-refractivity contribution in [2.75, 3.05) is 16.3 Å². The Morgan fingerprint density at radius 2 is 1.69 bits per heavy atom. The van der Waals surface area contributed by atoms with Crippen LogP contribution >= 0.6 is 0 Å². The van der Waals surface area contributed by atoms with E-state index in [0.717, 1.165) is 34.5 Å². The number of nitrogens with zero attached hydrogens (tertiary/aromatic N) is 3. The van der Waals surface area contributed by atoms with Gasteiger partial charge in [0.1, 0.15) is 5.65 Å². The summed E-state index contributed by atoms with van der Waals surface area (Å²) in [6, 6.07) is 22.5. The number of H-pyrrole nitrogens is 1. The lowest BCUT2D eigenvalue weighted by molar-refractivity contribution is -0.118. The molecule has 5 nitrogen and oxygen atoms in total.